The van der Waals surface area contributed by atoms with Crippen molar-refractivity contribution in [2.45, 2.75) is 30.6 Å². The van der Waals surface area contributed by atoms with Crippen LogP contribution in [-0.4, -0.2) is 45.4 Å². The Kier molecular flexibility index (Phi) is 7.52. The fourth-order valence-corrected chi connectivity index (χ4v) is 4.70. The van der Waals surface area contributed by atoms with Crippen molar-refractivity contribution in [1.29, 1.82) is 0 Å². The Balaban J connectivity index is 1.54. The van der Waals surface area contributed by atoms with Gasteiger partial charge in [0.2, 0.25) is 0 Å². The van der Waals surface area contributed by atoms with E-state index >= 15 is 0 Å². The van der Waals surface area contributed by atoms with Crippen molar-refractivity contribution in [3.05, 3.63) is 59.1 Å². The Morgan fingerprint density at radius 3 is 2.45 bits per heavy atom. The number of anilines is 1. The topological polar surface area (TPSA) is 78.5 Å². The third-order valence-electron chi connectivity index (χ3n) is 4.90. The van der Waals surface area contributed by atoms with E-state index in [0.29, 0.717) is 17.8 Å². The average Bonchev–Trinajstić information content (AvgIpc) is 2.72. The molecule has 0 aliphatic carbocycles. The summed E-state index contributed by atoms with van der Waals surface area (Å²) >= 11 is 6.23. The summed E-state index contributed by atoms with van der Waals surface area (Å²) in [5.41, 5.74) is 0.632. The van der Waals surface area contributed by atoms with Crippen LogP contribution >= 0.6 is 11.6 Å². The van der Waals surface area contributed by atoms with Gasteiger partial charge in [0.05, 0.1) is 21.2 Å². The van der Waals surface area contributed by atoms with Gasteiger partial charge >= 0.3 is 0 Å². The van der Waals surface area contributed by atoms with E-state index in [9.17, 15) is 13.2 Å². The molecule has 1 heterocycles. The number of amides is 1. The van der Waals surface area contributed by atoms with Gasteiger partial charge in [-0.15, -0.1) is 0 Å². The smallest absolute Gasteiger partial charge is 0.261 e. The van der Waals surface area contributed by atoms with E-state index in [2.05, 4.69) is 14.9 Å². The van der Waals surface area contributed by atoms with Crippen LogP contribution in [0.3, 0.4) is 0 Å². The van der Waals surface area contributed by atoms with Gasteiger partial charge in [-0.25, -0.2) is 8.42 Å². The predicted octanol–water partition coefficient (Wildman–Crippen LogP) is 3.75. The highest BCUT2D eigenvalue weighted by atomic mass is 35.5. The third-order valence-corrected chi connectivity index (χ3v) is 6.61. The van der Waals surface area contributed by atoms with Crippen LogP contribution in [0.1, 0.15) is 36.0 Å². The molecule has 1 aliphatic heterocycles. The molecule has 1 saturated heterocycles. The van der Waals surface area contributed by atoms with Crippen molar-refractivity contribution < 1.29 is 13.2 Å². The van der Waals surface area contributed by atoms with Gasteiger partial charge in [0.15, 0.2) is 0 Å². The molecule has 0 aromatic heterocycles. The summed E-state index contributed by atoms with van der Waals surface area (Å²) < 4.78 is 27.3. The Hall–Kier alpha value is -2.09. The number of benzene rings is 2. The lowest BCUT2D eigenvalue weighted by atomic mass is 10.1. The highest BCUT2D eigenvalue weighted by Gasteiger charge is 2.16. The van der Waals surface area contributed by atoms with Crippen LogP contribution in [0.2, 0.25) is 5.02 Å². The highest BCUT2D eigenvalue weighted by molar-refractivity contribution is 7.92. The number of rotatable bonds is 8. The lowest BCUT2D eigenvalue weighted by Crippen LogP contribution is -2.33. The van der Waals surface area contributed by atoms with Crippen molar-refractivity contribution in [2.24, 2.45) is 0 Å². The molecule has 1 fully saturated rings. The Bertz CT molecular complexity index is 929. The summed E-state index contributed by atoms with van der Waals surface area (Å²) in [4.78, 5) is 15.0. The number of carbonyl (C=O) groups is 1. The SMILES string of the molecule is O=C(NCCCN1CCCCC1)c1ccc(NS(=O)(=O)c2ccccc2)cc1Cl. The number of sulfonamides is 1. The van der Waals surface area contributed by atoms with Gasteiger partial charge in [-0.05, 0) is 69.2 Å². The lowest BCUT2D eigenvalue weighted by molar-refractivity contribution is 0.0951. The van der Waals surface area contributed by atoms with Gasteiger partial charge < -0.3 is 10.2 Å². The molecule has 2 N–H and O–H groups in total. The predicted molar refractivity (Wildman–Crippen MR) is 116 cm³/mol. The van der Waals surface area contributed by atoms with Crippen LogP contribution < -0.4 is 10.0 Å². The first kappa shape index (κ1) is 21.6. The van der Waals surface area contributed by atoms with Crippen LogP contribution in [0, 0.1) is 0 Å². The number of nitrogens with zero attached hydrogens (tertiary/aromatic N) is 1. The lowest BCUT2D eigenvalue weighted by Gasteiger charge is -2.26. The van der Waals surface area contributed by atoms with Crippen LogP contribution in [-0.2, 0) is 10.0 Å². The van der Waals surface area contributed by atoms with Crippen LogP contribution in [0.5, 0.6) is 0 Å². The first-order valence-electron chi connectivity index (χ1n) is 9.84. The van der Waals surface area contributed by atoms with Gasteiger partial charge in [-0.3, -0.25) is 9.52 Å². The summed E-state index contributed by atoms with van der Waals surface area (Å²) in [5.74, 6) is -0.258. The maximum atomic E-state index is 12.4. The zero-order valence-corrected chi connectivity index (χ0v) is 17.8. The van der Waals surface area contributed by atoms with Crippen molar-refractivity contribution >= 4 is 33.2 Å². The molecule has 0 saturated carbocycles. The largest absolute Gasteiger partial charge is 0.352 e. The molecule has 8 heteroatoms. The van der Waals surface area contributed by atoms with Gasteiger partial charge in [0, 0.05) is 6.54 Å². The number of halogens is 1. The van der Waals surface area contributed by atoms with Crippen molar-refractivity contribution in [1.82, 2.24) is 10.2 Å². The van der Waals surface area contributed by atoms with E-state index in [1.54, 1.807) is 18.2 Å². The fourth-order valence-electron chi connectivity index (χ4n) is 3.36. The van der Waals surface area contributed by atoms with Gasteiger partial charge in [0.1, 0.15) is 0 Å². The first-order chi connectivity index (χ1) is 14.0. The van der Waals surface area contributed by atoms with Crippen molar-refractivity contribution in [3.8, 4) is 0 Å². The average molecular weight is 436 g/mol. The Morgan fingerprint density at radius 1 is 1.03 bits per heavy atom. The number of carbonyl (C=O) groups excluding carboxylic acids is 1. The van der Waals surface area contributed by atoms with Gasteiger partial charge in [-0.2, -0.15) is 0 Å². The number of hydrogen-bond acceptors (Lipinski definition) is 4. The molecule has 1 amide bonds. The van der Waals surface area contributed by atoms with Crippen molar-refractivity contribution in [3.63, 3.8) is 0 Å². The molecule has 0 bridgehead atoms. The van der Waals surface area contributed by atoms with Crippen LogP contribution in [0.4, 0.5) is 5.69 Å². The Labute approximate surface area is 177 Å². The molecular weight excluding hydrogens is 410 g/mol. The molecule has 2 aromatic rings. The maximum Gasteiger partial charge on any atom is 0.261 e. The molecule has 0 radical (unpaired) electrons. The minimum absolute atomic E-state index is 0.159. The molecule has 6 nitrogen and oxygen atoms in total. The van der Waals surface area contributed by atoms with E-state index in [0.717, 1.165) is 26.1 Å². The molecular formula is C21H26ClN3O3S. The number of nitrogens with one attached hydrogen (secondary N) is 2. The van der Waals surface area contributed by atoms with E-state index in [4.69, 9.17) is 11.6 Å². The summed E-state index contributed by atoms with van der Waals surface area (Å²) in [6, 6.07) is 12.6. The van der Waals surface area contributed by atoms with Crippen LogP contribution in [0.25, 0.3) is 0 Å². The number of hydrogen-bond donors (Lipinski definition) is 2. The highest BCUT2D eigenvalue weighted by Crippen LogP contribution is 2.23. The molecule has 0 unspecified atom stereocenters. The van der Waals surface area contributed by atoms with E-state index in [-0.39, 0.29) is 15.8 Å². The zero-order valence-electron chi connectivity index (χ0n) is 16.2. The maximum absolute atomic E-state index is 12.4. The van der Waals surface area contributed by atoms with Crippen molar-refractivity contribution in [2.75, 3.05) is 30.9 Å². The normalized spacial score (nSPS) is 15.1. The molecule has 156 valence electrons. The second-order valence-electron chi connectivity index (χ2n) is 7.12. The van der Waals surface area contributed by atoms with Gasteiger partial charge in [0.25, 0.3) is 15.9 Å². The minimum atomic E-state index is -3.71. The molecule has 2 aromatic carbocycles. The molecule has 0 atom stereocenters. The fraction of sp³-hybridized carbons (Fsp3) is 0.381. The quantitative estimate of drug-likeness (QED) is 0.619. The zero-order chi connectivity index (χ0) is 20.7. The second-order valence-corrected chi connectivity index (χ2v) is 9.21. The van der Waals surface area contributed by atoms with Gasteiger partial charge in [-0.1, -0.05) is 36.2 Å². The molecule has 3 rings (SSSR count). The molecule has 29 heavy (non-hydrogen) atoms. The number of piperidine rings is 1. The first-order valence-corrected chi connectivity index (χ1v) is 11.7. The molecule has 0 spiro atoms. The van der Waals surface area contributed by atoms with E-state index in [1.807, 2.05) is 0 Å². The Morgan fingerprint density at radius 2 is 1.76 bits per heavy atom. The third kappa shape index (κ3) is 6.19. The van der Waals surface area contributed by atoms with Crippen LogP contribution in [0.15, 0.2) is 53.4 Å². The second kappa shape index (κ2) is 10.1. The summed E-state index contributed by atoms with van der Waals surface area (Å²) in [5, 5.41) is 3.08. The summed E-state index contributed by atoms with van der Waals surface area (Å²) in [6.45, 7) is 3.84. The number of likely N-dealkylation sites (tertiary alicyclic amines) is 1. The summed E-state index contributed by atoms with van der Waals surface area (Å²) in [7, 11) is -3.71. The standard InChI is InChI=1S/C21H26ClN3O3S/c22-20-16-17(24-29(27,28)18-8-3-1-4-9-18)10-11-19(20)21(26)23-12-7-15-25-13-5-2-6-14-25/h1,3-4,8-11,16,24H,2,5-7,12-15H2,(H,23,26). The van der Waals surface area contributed by atoms with E-state index in [1.165, 1.54) is 49.6 Å². The minimum Gasteiger partial charge on any atom is -0.352 e. The summed E-state index contributed by atoms with van der Waals surface area (Å²) in [6.07, 6.45) is 4.70. The van der Waals surface area contributed by atoms with E-state index < -0.39 is 10.0 Å². The molecule has 1 aliphatic rings. The monoisotopic (exact) mass is 435 g/mol.